The smallest absolute Gasteiger partial charge is 0.174 e. The molecule has 0 aliphatic heterocycles. The number of thiazole rings is 2. The molecule has 5 heteroatoms. The van der Waals surface area contributed by atoms with Crippen molar-refractivity contribution < 1.29 is 4.79 Å². The van der Waals surface area contributed by atoms with E-state index in [4.69, 9.17) is 0 Å². The number of aromatic nitrogens is 2. The van der Waals surface area contributed by atoms with E-state index in [1.54, 1.807) is 16.8 Å². The molecule has 3 nitrogen and oxygen atoms in total. The Balaban J connectivity index is 2.04. The molecule has 17 heavy (non-hydrogen) atoms. The fraction of sp³-hybridized carbons (Fsp3) is 0.417. The molecule has 0 amide bonds. The van der Waals surface area contributed by atoms with Crippen molar-refractivity contribution in [3.63, 3.8) is 0 Å². The van der Waals surface area contributed by atoms with Gasteiger partial charge in [-0.2, -0.15) is 0 Å². The van der Waals surface area contributed by atoms with E-state index in [1.165, 1.54) is 24.2 Å². The summed E-state index contributed by atoms with van der Waals surface area (Å²) in [6, 6.07) is 0. The molecule has 2 heterocycles. The topological polar surface area (TPSA) is 42.9 Å². The Bertz CT molecular complexity index is 541. The minimum atomic E-state index is 0.214. The van der Waals surface area contributed by atoms with Gasteiger partial charge >= 0.3 is 0 Å². The van der Waals surface area contributed by atoms with E-state index >= 15 is 0 Å². The van der Waals surface area contributed by atoms with E-state index in [0.29, 0.717) is 12.3 Å². The van der Waals surface area contributed by atoms with Crippen LogP contribution in [0.3, 0.4) is 0 Å². The third-order valence-corrected chi connectivity index (χ3v) is 4.56. The number of carbonyl (C=O) groups is 1. The molecule has 0 spiro atoms. The molecule has 1 aliphatic rings. The Hall–Kier alpha value is -1.07. The van der Waals surface area contributed by atoms with Crippen LogP contribution in [-0.4, -0.2) is 15.8 Å². The molecule has 0 radical (unpaired) electrons. The molecule has 3 rings (SSSR count). The molecule has 1 fully saturated rings. The average Bonchev–Trinajstić information content (AvgIpc) is 2.90. The lowest BCUT2D eigenvalue weighted by Gasteiger charge is -1.95. The number of nitrogens with zero attached hydrogens (tertiary/aromatic N) is 2. The highest BCUT2D eigenvalue weighted by Crippen LogP contribution is 2.44. The number of rotatable bonds is 4. The highest BCUT2D eigenvalue weighted by atomic mass is 32.1. The van der Waals surface area contributed by atoms with Crippen LogP contribution in [0.25, 0.3) is 10.7 Å². The molecule has 0 N–H and O–H groups in total. The van der Waals surface area contributed by atoms with E-state index in [0.717, 1.165) is 21.3 Å². The summed E-state index contributed by atoms with van der Waals surface area (Å²) in [7, 11) is 0. The number of Topliss-reactive ketones (excluding diaryl/α,β-unsaturated/α-hetero) is 1. The molecule has 1 saturated carbocycles. The predicted octanol–water partition coefficient (Wildman–Crippen LogP) is 3.74. The van der Waals surface area contributed by atoms with E-state index in [-0.39, 0.29) is 5.78 Å². The van der Waals surface area contributed by atoms with Crippen molar-refractivity contribution in [2.45, 2.75) is 32.1 Å². The van der Waals surface area contributed by atoms with Gasteiger partial charge in [-0.05, 0) is 12.8 Å². The second kappa shape index (κ2) is 4.31. The lowest BCUT2D eigenvalue weighted by atomic mass is 10.2. The van der Waals surface area contributed by atoms with Crippen LogP contribution in [0.5, 0.6) is 0 Å². The Morgan fingerprint density at radius 1 is 1.53 bits per heavy atom. The second-order valence-electron chi connectivity index (χ2n) is 4.16. The first-order chi connectivity index (χ1) is 8.29. The van der Waals surface area contributed by atoms with E-state index in [1.807, 2.05) is 12.3 Å². The van der Waals surface area contributed by atoms with Crippen LogP contribution >= 0.6 is 22.7 Å². The normalized spacial score (nSPS) is 15.1. The summed E-state index contributed by atoms with van der Waals surface area (Å²) >= 11 is 3.06. The summed E-state index contributed by atoms with van der Waals surface area (Å²) in [4.78, 5) is 21.6. The Morgan fingerprint density at radius 2 is 2.35 bits per heavy atom. The first-order valence-corrected chi connectivity index (χ1v) is 7.48. The fourth-order valence-corrected chi connectivity index (χ4v) is 3.49. The van der Waals surface area contributed by atoms with Gasteiger partial charge in [0.2, 0.25) is 0 Å². The van der Waals surface area contributed by atoms with E-state index in [9.17, 15) is 4.79 Å². The van der Waals surface area contributed by atoms with Gasteiger partial charge in [-0.15, -0.1) is 22.7 Å². The van der Waals surface area contributed by atoms with Crippen molar-refractivity contribution in [1.82, 2.24) is 9.97 Å². The van der Waals surface area contributed by atoms with Gasteiger partial charge in [-0.1, -0.05) is 6.92 Å². The minimum Gasteiger partial charge on any atom is -0.293 e. The maximum absolute atomic E-state index is 11.9. The quantitative estimate of drug-likeness (QED) is 0.790. The molecular formula is C12H12N2OS2. The third-order valence-electron chi connectivity index (χ3n) is 2.84. The van der Waals surface area contributed by atoms with Gasteiger partial charge in [0.15, 0.2) is 5.78 Å². The molecule has 88 valence electrons. The van der Waals surface area contributed by atoms with Crippen molar-refractivity contribution in [3.8, 4) is 10.7 Å². The third kappa shape index (κ3) is 2.05. The highest BCUT2D eigenvalue weighted by molar-refractivity contribution is 7.17. The van der Waals surface area contributed by atoms with Gasteiger partial charge < -0.3 is 0 Å². The van der Waals surface area contributed by atoms with Gasteiger partial charge in [0, 0.05) is 17.7 Å². The van der Waals surface area contributed by atoms with Crippen LogP contribution in [0.15, 0.2) is 10.9 Å². The van der Waals surface area contributed by atoms with Gasteiger partial charge in [0.05, 0.1) is 16.1 Å². The zero-order chi connectivity index (χ0) is 11.8. The summed E-state index contributed by atoms with van der Waals surface area (Å²) in [5, 5.41) is 2.88. The molecule has 0 aromatic carbocycles. The van der Waals surface area contributed by atoms with Gasteiger partial charge in [0.25, 0.3) is 0 Å². The largest absolute Gasteiger partial charge is 0.293 e. The summed E-state index contributed by atoms with van der Waals surface area (Å²) in [6.07, 6.45) is 2.90. The average molecular weight is 264 g/mol. The number of ketones is 1. The zero-order valence-corrected chi connectivity index (χ0v) is 11.1. The first-order valence-electron chi connectivity index (χ1n) is 5.72. The van der Waals surface area contributed by atoms with Crippen molar-refractivity contribution >= 4 is 28.5 Å². The fourth-order valence-electron chi connectivity index (χ4n) is 1.75. The predicted molar refractivity (Wildman–Crippen MR) is 69.8 cm³/mol. The Labute approximate surface area is 108 Å². The summed E-state index contributed by atoms with van der Waals surface area (Å²) in [5.41, 5.74) is 3.72. The summed E-state index contributed by atoms with van der Waals surface area (Å²) in [5.74, 6) is 0.731. The monoisotopic (exact) mass is 264 g/mol. The Morgan fingerprint density at radius 3 is 2.94 bits per heavy atom. The molecule has 0 unspecified atom stereocenters. The Kier molecular flexibility index (Phi) is 2.80. The molecule has 0 bridgehead atoms. The van der Waals surface area contributed by atoms with Crippen LogP contribution in [-0.2, 0) is 0 Å². The maximum atomic E-state index is 11.9. The van der Waals surface area contributed by atoms with Crippen LogP contribution in [0, 0.1) is 0 Å². The van der Waals surface area contributed by atoms with Crippen molar-refractivity contribution in [1.29, 1.82) is 0 Å². The highest BCUT2D eigenvalue weighted by Gasteiger charge is 2.31. The first kappa shape index (κ1) is 11.0. The van der Waals surface area contributed by atoms with Gasteiger partial charge in [-0.25, -0.2) is 9.97 Å². The molecular weight excluding hydrogens is 252 g/mol. The van der Waals surface area contributed by atoms with Crippen molar-refractivity contribution in [2.24, 2.45) is 0 Å². The molecule has 1 aliphatic carbocycles. The van der Waals surface area contributed by atoms with Crippen LogP contribution in [0.2, 0.25) is 0 Å². The number of carbonyl (C=O) groups excluding carboxylic acids is 1. The summed E-state index contributed by atoms with van der Waals surface area (Å²) in [6.45, 7) is 1.90. The molecule has 2 aromatic rings. The van der Waals surface area contributed by atoms with E-state index in [2.05, 4.69) is 9.97 Å². The standard InChI is InChI=1S/C12H12N2OS2/c1-2-9(15)11-10(7-3-4-7)14-12(17-11)8-5-16-6-13-8/h5-7H,2-4H2,1H3. The SMILES string of the molecule is CCC(=O)c1sc(-c2cscn2)nc1C1CC1. The van der Waals surface area contributed by atoms with Gasteiger partial charge in [-0.3, -0.25) is 4.79 Å². The second-order valence-corrected chi connectivity index (χ2v) is 5.88. The van der Waals surface area contributed by atoms with Crippen molar-refractivity contribution in [2.75, 3.05) is 0 Å². The summed E-state index contributed by atoms with van der Waals surface area (Å²) < 4.78 is 0. The van der Waals surface area contributed by atoms with Crippen LogP contribution < -0.4 is 0 Å². The van der Waals surface area contributed by atoms with Gasteiger partial charge in [0.1, 0.15) is 10.7 Å². The molecule has 2 aromatic heterocycles. The van der Waals surface area contributed by atoms with Crippen LogP contribution in [0.1, 0.15) is 47.5 Å². The lowest BCUT2D eigenvalue weighted by molar-refractivity contribution is 0.0991. The lowest BCUT2D eigenvalue weighted by Crippen LogP contribution is -1.97. The van der Waals surface area contributed by atoms with Crippen LogP contribution in [0.4, 0.5) is 0 Å². The van der Waals surface area contributed by atoms with E-state index < -0.39 is 0 Å². The maximum Gasteiger partial charge on any atom is 0.174 e. The van der Waals surface area contributed by atoms with Crippen molar-refractivity contribution in [3.05, 3.63) is 21.5 Å². The number of hydrogen-bond donors (Lipinski definition) is 0. The molecule has 0 atom stereocenters. The molecule has 0 saturated heterocycles. The zero-order valence-electron chi connectivity index (χ0n) is 9.47. The number of hydrogen-bond acceptors (Lipinski definition) is 5. The minimum absolute atomic E-state index is 0.214.